The zero-order valence-corrected chi connectivity index (χ0v) is 12.3. The molecule has 2 rings (SSSR count). The SMILES string of the molecule is CC(CN)C(C)c1cccc(OCc2ccccc2)c1. The molecule has 0 aromatic heterocycles. The first kappa shape index (κ1) is 14.6. The fraction of sp³-hybridized carbons (Fsp3) is 0.333. The minimum absolute atomic E-state index is 0.445. The average molecular weight is 269 g/mol. The highest BCUT2D eigenvalue weighted by Crippen LogP contribution is 2.26. The predicted octanol–water partition coefficient (Wildman–Crippen LogP) is 3.96. The molecule has 0 radical (unpaired) electrons. The van der Waals surface area contributed by atoms with Gasteiger partial charge in [-0.05, 0) is 41.6 Å². The van der Waals surface area contributed by atoms with E-state index < -0.39 is 0 Å². The number of nitrogens with two attached hydrogens (primary N) is 1. The lowest BCUT2D eigenvalue weighted by atomic mass is 9.89. The van der Waals surface area contributed by atoms with Crippen LogP contribution in [0.4, 0.5) is 0 Å². The number of benzene rings is 2. The Hall–Kier alpha value is -1.80. The third kappa shape index (κ3) is 3.84. The molecule has 0 fully saturated rings. The first-order valence-corrected chi connectivity index (χ1v) is 7.17. The first-order valence-electron chi connectivity index (χ1n) is 7.17. The Balaban J connectivity index is 2.03. The fourth-order valence-corrected chi connectivity index (χ4v) is 2.16. The van der Waals surface area contributed by atoms with Crippen molar-refractivity contribution in [3.63, 3.8) is 0 Å². The van der Waals surface area contributed by atoms with E-state index in [1.54, 1.807) is 0 Å². The molecular formula is C18H23NO. The van der Waals surface area contributed by atoms with Crippen LogP contribution >= 0.6 is 0 Å². The second-order valence-electron chi connectivity index (χ2n) is 5.35. The lowest BCUT2D eigenvalue weighted by Gasteiger charge is -2.19. The zero-order valence-electron chi connectivity index (χ0n) is 12.3. The van der Waals surface area contributed by atoms with Gasteiger partial charge in [0.15, 0.2) is 0 Å². The molecular weight excluding hydrogens is 246 g/mol. The van der Waals surface area contributed by atoms with E-state index in [4.69, 9.17) is 10.5 Å². The van der Waals surface area contributed by atoms with Gasteiger partial charge < -0.3 is 10.5 Å². The molecule has 2 atom stereocenters. The lowest BCUT2D eigenvalue weighted by molar-refractivity contribution is 0.305. The van der Waals surface area contributed by atoms with Crippen LogP contribution in [0.2, 0.25) is 0 Å². The van der Waals surface area contributed by atoms with Gasteiger partial charge in [0.1, 0.15) is 12.4 Å². The van der Waals surface area contributed by atoms with E-state index in [-0.39, 0.29) is 0 Å². The minimum Gasteiger partial charge on any atom is -0.489 e. The van der Waals surface area contributed by atoms with Crippen molar-refractivity contribution in [3.8, 4) is 5.75 Å². The number of hydrogen-bond donors (Lipinski definition) is 1. The van der Waals surface area contributed by atoms with Crippen molar-refractivity contribution in [1.29, 1.82) is 0 Å². The van der Waals surface area contributed by atoms with Crippen LogP contribution in [0.1, 0.15) is 30.9 Å². The minimum atomic E-state index is 0.445. The van der Waals surface area contributed by atoms with E-state index in [0.717, 1.165) is 5.75 Å². The summed E-state index contributed by atoms with van der Waals surface area (Å²) in [5.41, 5.74) is 8.22. The second kappa shape index (κ2) is 7.11. The molecule has 0 amide bonds. The number of rotatable bonds is 6. The van der Waals surface area contributed by atoms with Crippen molar-refractivity contribution in [3.05, 3.63) is 65.7 Å². The van der Waals surface area contributed by atoms with Gasteiger partial charge in [-0.15, -0.1) is 0 Å². The molecule has 2 nitrogen and oxygen atoms in total. The number of ether oxygens (including phenoxy) is 1. The largest absolute Gasteiger partial charge is 0.489 e. The summed E-state index contributed by atoms with van der Waals surface area (Å²) < 4.78 is 5.87. The van der Waals surface area contributed by atoms with Crippen LogP contribution in [-0.4, -0.2) is 6.54 Å². The van der Waals surface area contributed by atoms with Crippen molar-refractivity contribution in [2.75, 3.05) is 6.54 Å². The van der Waals surface area contributed by atoms with Gasteiger partial charge in [-0.3, -0.25) is 0 Å². The van der Waals surface area contributed by atoms with E-state index in [2.05, 4.69) is 44.2 Å². The van der Waals surface area contributed by atoms with Crippen molar-refractivity contribution >= 4 is 0 Å². The summed E-state index contributed by atoms with van der Waals surface area (Å²) in [7, 11) is 0. The molecule has 0 heterocycles. The standard InChI is InChI=1S/C18H23NO/c1-14(12-19)15(2)17-9-6-10-18(11-17)20-13-16-7-4-3-5-8-16/h3-11,14-15H,12-13,19H2,1-2H3. The summed E-state index contributed by atoms with van der Waals surface area (Å²) in [6.45, 7) is 5.71. The van der Waals surface area contributed by atoms with Crippen LogP contribution < -0.4 is 10.5 Å². The molecule has 2 heteroatoms. The van der Waals surface area contributed by atoms with Crippen LogP contribution in [0.5, 0.6) is 5.75 Å². The van der Waals surface area contributed by atoms with Gasteiger partial charge in [0.25, 0.3) is 0 Å². The zero-order chi connectivity index (χ0) is 14.4. The fourth-order valence-electron chi connectivity index (χ4n) is 2.16. The van der Waals surface area contributed by atoms with Gasteiger partial charge in [-0.25, -0.2) is 0 Å². The normalized spacial score (nSPS) is 13.8. The molecule has 2 unspecified atom stereocenters. The third-order valence-corrected chi connectivity index (χ3v) is 3.86. The Morgan fingerprint density at radius 1 is 1.00 bits per heavy atom. The summed E-state index contributed by atoms with van der Waals surface area (Å²) in [5, 5.41) is 0. The summed E-state index contributed by atoms with van der Waals surface area (Å²) in [6.07, 6.45) is 0. The van der Waals surface area contributed by atoms with E-state index in [9.17, 15) is 0 Å². The van der Waals surface area contributed by atoms with Crippen LogP contribution in [0.15, 0.2) is 54.6 Å². The summed E-state index contributed by atoms with van der Waals surface area (Å²) in [6, 6.07) is 18.5. The monoisotopic (exact) mass is 269 g/mol. The van der Waals surface area contributed by atoms with E-state index >= 15 is 0 Å². The summed E-state index contributed by atoms with van der Waals surface area (Å²) in [4.78, 5) is 0. The molecule has 0 aliphatic carbocycles. The molecule has 0 saturated carbocycles. The van der Waals surface area contributed by atoms with Crippen LogP contribution in [0.25, 0.3) is 0 Å². The van der Waals surface area contributed by atoms with Crippen molar-refractivity contribution in [2.24, 2.45) is 11.7 Å². The van der Waals surface area contributed by atoms with E-state index in [0.29, 0.717) is 25.0 Å². The van der Waals surface area contributed by atoms with Gasteiger partial charge >= 0.3 is 0 Å². The van der Waals surface area contributed by atoms with Crippen molar-refractivity contribution < 1.29 is 4.74 Å². The molecule has 2 aromatic rings. The Kier molecular flexibility index (Phi) is 5.19. The smallest absolute Gasteiger partial charge is 0.120 e. The maximum Gasteiger partial charge on any atom is 0.120 e. The third-order valence-electron chi connectivity index (χ3n) is 3.86. The highest BCUT2D eigenvalue weighted by atomic mass is 16.5. The molecule has 2 aromatic carbocycles. The highest BCUT2D eigenvalue weighted by Gasteiger charge is 2.13. The number of hydrogen-bond acceptors (Lipinski definition) is 2. The van der Waals surface area contributed by atoms with Crippen LogP contribution in [0, 0.1) is 5.92 Å². The average Bonchev–Trinajstić information content (AvgIpc) is 2.52. The Bertz CT molecular complexity index is 524. The summed E-state index contributed by atoms with van der Waals surface area (Å²) >= 11 is 0. The Labute approximate surface area is 121 Å². The van der Waals surface area contributed by atoms with Gasteiger partial charge in [-0.2, -0.15) is 0 Å². The predicted molar refractivity (Wildman–Crippen MR) is 83.8 cm³/mol. The Morgan fingerprint density at radius 2 is 1.75 bits per heavy atom. The van der Waals surface area contributed by atoms with Crippen LogP contribution in [-0.2, 0) is 6.61 Å². The molecule has 0 aliphatic heterocycles. The van der Waals surface area contributed by atoms with E-state index in [1.165, 1.54) is 11.1 Å². The van der Waals surface area contributed by atoms with Crippen molar-refractivity contribution in [1.82, 2.24) is 0 Å². The highest BCUT2D eigenvalue weighted by molar-refractivity contribution is 5.31. The van der Waals surface area contributed by atoms with Crippen LogP contribution in [0.3, 0.4) is 0 Å². The lowest BCUT2D eigenvalue weighted by Crippen LogP contribution is -2.17. The van der Waals surface area contributed by atoms with Crippen molar-refractivity contribution in [2.45, 2.75) is 26.4 Å². The molecule has 0 bridgehead atoms. The molecule has 2 N–H and O–H groups in total. The molecule has 20 heavy (non-hydrogen) atoms. The Morgan fingerprint density at radius 3 is 2.45 bits per heavy atom. The maximum absolute atomic E-state index is 5.87. The maximum atomic E-state index is 5.87. The molecule has 0 aliphatic rings. The topological polar surface area (TPSA) is 35.2 Å². The quantitative estimate of drug-likeness (QED) is 0.861. The first-order chi connectivity index (χ1) is 9.70. The molecule has 0 saturated heterocycles. The van der Waals surface area contributed by atoms with Gasteiger partial charge in [-0.1, -0.05) is 56.3 Å². The van der Waals surface area contributed by atoms with Gasteiger partial charge in [0, 0.05) is 0 Å². The second-order valence-corrected chi connectivity index (χ2v) is 5.35. The molecule has 106 valence electrons. The van der Waals surface area contributed by atoms with Gasteiger partial charge in [0.2, 0.25) is 0 Å². The molecule has 0 spiro atoms. The summed E-state index contributed by atoms with van der Waals surface area (Å²) in [5.74, 6) is 1.84. The van der Waals surface area contributed by atoms with E-state index in [1.807, 2.05) is 24.3 Å². The van der Waals surface area contributed by atoms with Gasteiger partial charge in [0.05, 0.1) is 0 Å².